The van der Waals surface area contributed by atoms with E-state index in [1.807, 2.05) is 30.3 Å². The summed E-state index contributed by atoms with van der Waals surface area (Å²) >= 11 is 5.16. The van der Waals surface area contributed by atoms with Crippen LogP contribution < -0.4 is 4.74 Å². The van der Waals surface area contributed by atoms with Gasteiger partial charge in [0, 0.05) is 23.7 Å². The second-order valence-electron chi connectivity index (χ2n) is 5.10. The molecule has 2 heterocycles. The van der Waals surface area contributed by atoms with Crippen molar-refractivity contribution < 1.29 is 14.3 Å². The topological polar surface area (TPSA) is 48.4 Å². The molecule has 0 aliphatic carbocycles. The van der Waals surface area contributed by atoms with E-state index in [0.717, 1.165) is 15.1 Å². The number of carbonyl (C=O) groups excluding carboxylic acids is 1. The van der Waals surface area contributed by atoms with E-state index in [9.17, 15) is 4.79 Å². The van der Waals surface area contributed by atoms with Crippen molar-refractivity contribution in [2.24, 2.45) is 0 Å². The van der Waals surface area contributed by atoms with Gasteiger partial charge in [0.2, 0.25) is 0 Å². The first kappa shape index (κ1) is 17.7. The minimum atomic E-state index is -0.365. The third-order valence-electron chi connectivity index (χ3n) is 3.29. The number of nitrogens with zero attached hydrogens (tertiary/aromatic N) is 1. The van der Waals surface area contributed by atoms with Crippen molar-refractivity contribution in [1.29, 1.82) is 0 Å². The maximum atomic E-state index is 11.7. The van der Waals surface area contributed by atoms with Gasteiger partial charge in [-0.3, -0.25) is 4.98 Å². The van der Waals surface area contributed by atoms with Crippen molar-refractivity contribution >= 4 is 38.9 Å². The van der Waals surface area contributed by atoms with Gasteiger partial charge in [-0.25, -0.2) is 4.79 Å². The molecule has 0 unspecified atom stereocenters. The molecular formula is C18H15NO3S3. The lowest BCUT2D eigenvalue weighted by Gasteiger charge is -2.07. The Hall–Kier alpha value is -2.09. The van der Waals surface area contributed by atoms with Gasteiger partial charge in [0.05, 0.1) is 18.8 Å². The Morgan fingerprint density at radius 1 is 1.12 bits per heavy atom. The minimum Gasteiger partial charge on any atom is -0.493 e. The zero-order valence-electron chi connectivity index (χ0n) is 13.2. The van der Waals surface area contributed by atoms with Crippen LogP contribution in [0.3, 0.4) is 0 Å². The lowest BCUT2D eigenvalue weighted by atomic mass is 10.2. The number of ether oxygens (including phenoxy) is 2. The fourth-order valence-corrected chi connectivity index (χ4v) is 4.47. The van der Waals surface area contributed by atoms with Gasteiger partial charge < -0.3 is 9.47 Å². The van der Waals surface area contributed by atoms with E-state index in [1.54, 1.807) is 39.0 Å². The maximum absolute atomic E-state index is 11.7. The van der Waals surface area contributed by atoms with Gasteiger partial charge in [-0.1, -0.05) is 32.9 Å². The first-order valence-corrected chi connectivity index (χ1v) is 10.2. The smallest absolute Gasteiger partial charge is 0.339 e. The molecule has 0 N–H and O–H groups in total. The number of hydrogen-bond donors (Lipinski definition) is 0. The molecule has 0 saturated carbocycles. The third-order valence-corrected chi connectivity index (χ3v) is 6.20. The monoisotopic (exact) mass is 389 g/mol. The molecule has 0 aliphatic heterocycles. The Balaban J connectivity index is 1.40. The van der Waals surface area contributed by atoms with Crippen LogP contribution in [0.1, 0.15) is 16.8 Å². The van der Waals surface area contributed by atoms with Gasteiger partial charge in [-0.05, 0) is 48.0 Å². The second kappa shape index (κ2) is 8.84. The number of aromatic nitrogens is 1. The molecule has 4 nitrogen and oxygen atoms in total. The SMILES string of the molecule is O=C(OCCCOc1ccc(-c2cc(=S)ss2)cc1)c1cccnc1. The minimum absolute atomic E-state index is 0.310. The molecule has 3 aromatic rings. The molecule has 0 radical (unpaired) electrons. The summed E-state index contributed by atoms with van der Waals surface area (Å²) in [4.78, 5) is 16.8. The number of pyridine rings is 1. The zero-order chi connectivity index (χ0) is 17.5. The summed E-state index contributed by atoms with van der Waals surface area (Å²) < 4.78 is 11.8. The summed E-state index contributed by atoms with van der Waals surface area (Å²) in [7, 11) is 3.28. The molecule has 128 valence electrons. The van der Waals surface area contributed by atoms with Crippen LogP contribution in [0.25, 0.3) is 10.4 Å². The molecule has 0 saturated heterocycles. The van der Waals surface area contributed by atoms with Crippen LogP contribution in [0.4, 0.5) is 0 Å². The van der Waals surface area contributed by atoms with Gasteiger partial charge in [-0.15, -0.1) is 0 Å². The molecule has 7 heteroatoms. The Morgan fingerprint density at radius 2 is 1.96 bits per heavy atom. The summed E-state index contributed by atoms with van der Waals surface area (Å²) in [5, 5.41) is 0. The third kappa shape index (κ3) is 5.19. The van der Waals surface area contributed by atoms with Crippen molar-refractivity contribution in [3.8, 4) is 16.2 Å². The lowest BCUT2D eigenvalue weighted by Crippen LogP contribution is -2.09. The summed E-state index contributed by atoms with van der Waals surface area (Å²) in [5.74, 6) is 0.428. The molecule has 0 bridgehead atoms. The standard InChI is InChI=1S/C18H15NO3S3/c20-18(14-3-1-8-19-12-14)22-10-2-9-21-15-6-4-13(5-7-15)16-11-17(23)25-24-16/h1,3-8,11-12H,2,9-10H2. The summed E-state index contributed by atoms with van der Waals surface area (Å²) in [6, 6.07) is 13.3. The largest absolute Gasteiger partial charge is 0.493 e. The van der Waals surface area contributed by atoms with Crippen LogP contribution in [0.5, 0.6) is 5.75 Å². The molecule has 0 amide bonds. The molecule has 3 rings (SSSR count). The highest BCUT2D eigenvalue weighted by Crippen LogP contribution is 2.30. The summed E-state index contributed by atoms with van der Waals surface area (Å²) in [6.07, 6.45) is 3.73. The molecule has 0 aliphatic rings. The number of rotatable bonds is 7. The van der Waals surface area contributed by atoms with Crippen molar-refractivity contribution in [2.45, 2.75) is 6.42 Å². The summed E-state index contributed by atoms with van der Waals surface area (Å²) in [5.41, 5.74) is 1.59. The molecular weight excluding hydrogens is 374 g/mol. The van der Waals surface area contributed by atoms with E-state index < -0.39 is 0 Å². The van der Waals surface area contributed by atoms with Gasteiger partial charge in [0.1, 0.15) is 9.57 Å². The predicted octanol–water partition coefficient (Wildman–Crippen LogP) is 5.23. The molecule has 0 spiro atoms. The quantitative estimate of drug-likeness (QED) is 0.240. The Bertz CT molecular complexity index is 872. The van der Waals surface area contributed by atoms with Gasteiger partial charge >= 0.3 is 5.97 Å². The van der Waals surface area contributed by atoms with Gasteiger partial charge in [-0.2, -0.15) is 0 Å². The fourth-order valence-electron chi connectivity index (χ4n) is 2.07. The Morgan fingerprint density at radius 3 is 2.64 bits per heavy atom. The molecule has 2 aromatic heterocycles. The van der Waals surface area contributed by atoms with Crippen LogP contribution >= 0.6 is 32.9 Å². The van der Waals surface area contributed by atoms with Crippen molar-refractivity contribution in [3.63, 3.8) is 0 Å². The van der Waals surface area contributed by atoms with E-state index in [1.165, 1.54) is 11.1 Å². The second-order valence-corrected chi connectivity index (χ2v) is 8.01. The average Bonchev–Trinajstić information content (AvgIpc) is 3.09. The van der Waals surface area contributed by atoms with Crippen LogP contribution in [0, 0.1) is 3.82 Å². The number of carbonyl (C=O) groups is 1. The van der Waals surface area contributed by atoms with Gasteiger partial charge in [0.25, 0.3) is 0 Å². The van der Waals surface area contributed by atoms with Crippen LogP contribution in [-0.2, 0) is 4.74 Å². The highest BCUT2D eigenvalue weighted by atomic mass is 32.9. The van der Waals surface area contributed by atoms with Gasteiger partial charge in [0.15, 0.2) is 0 Å². The van der Waals surface area contributed by atoms with E-state index >= 15 is 0 Å². The molecule has 25 heavy (non-hydrogen) atoms. The van der Waals surface area contributed by atoms with Crippen LogP contribution in [0.2, 0.25) is 0 Å². The Labute approximate surface area is 158 Å². The van der Waals surface area contributed by atoms with Crippen LogP contribution in [-0.4, -0.2) is 24.2 Å². The number of benzene rings is 1. The van der Waals surface area contributed by atoms with Crippen molar-refractivity contribution in [2.75, 3.05) is 13.2 Å². The predicted molar refractivity (Wildman–Crippen MR) is 103 cm³/mol. The number of esters is 1. The van der Waals surface area contributed by atoms with E-state index in [2.05, 4.69) is 4.98 Å². The fraction of sp³-hybridized carbons (Fsp3) is 0.167. The highest BCUT2D eigenvalue weighted by molar-refractivity contribution is 7.80. The lowest BCUT2D eigenvalue weighted by molar-refractivity contribution is 0.0485. The molecule has 1 aromatic carbocycles. The molecule has 0 atom stereocenters. The normalized spacial score (nSPS) is 10.4. The maximum Gasteiger partial charge on any atom is 0.339 e. The zero-order valence-corrected chi connectivity index (χ0v) is 15.7. The van der Waals surface area contributed by atoms with E-state index in [-0.39, 0.29) is 5.97 Å². The van der Waals surface area contributed by atoms with Crippen molar-refractivity contribution in [1.82, 2.24) is 4.98 Å². The van der Waals surface area contributed by atoms with Crippen LogP contribution in [0.15, 0.2) is 54.9 Å². The molecule has 0 fully saturated rings. The van der Waals surface area contributed by atoms with E-state index in [4.69, 9.17) is 21.7 Å². The highest BCUT2D eigenvalue weighted by Gasteiger charge is 2.06. The summed E-state index contributed by atoms with van der Waals surface area (Å²) in [6.45, 7) is 0.793. The van der Waals surface area contributed by atoms with Crippen molar-refractivity contribution in [3.05, 3.63) is 64.2 Å². The Kier molecular flexibility index (Phi) is 6.27. The average molecular weight is 390 g/mol. The number of hydrogen-bond acceptors (Lipinski definition) is 7. The van der Waals surface area contributed by atoms with E-state index in [0.29, 0.717) is 25.2 Å². The first-order chi connectivity index (χ1) is 12.2. The first-order valence-electron chi connectivity index (χ1n) is 7.63.